The molecule has 4 nitrogen and oxygen atoms in total. The summed E-state index contributed by atoms with van der Waals surface area (Å²) in [6.07, 6.45) is -1.40. The molecule has 1 aromatic carbocycles. The van der Waals surface area contributed by atoms with E-state index in [0.29, 0.717) is 24.7 Å². The van der Waals surface area contributed by atoms with Crippen molar-refractivity contribution in [2.75, 3.05) is 25.0 Å². The lowest BCUT2D eigenvalue weighted by Gasteiger charge is -2.22. The van der Waals surface area contributed by atoms with E-state index in [4.69, 9.17) is 11.6 Å². The van der Waals surface area contributed by atoms with Gasteiger partial charge in [0, 0.05) is 19.6 Å². The summed E-state index contributed by atoms with van der Waals surface area (Å²) in [6, 6.07) is 5.73. The van der Waals surface area contributed by atoms with E-state index >= 15 is 0 Å². The van der Waals surface area contributed by atoms with Crippen LogP contribution in [0.5, 0.6) is 0 Å². The van der Waals surface area contributed by atoms with Crippen LogP contribution in [0.3, 0.4) is 0 Å². The molecule has 0 saturated carbocycles. The Labute approximate surface area is 106 Å². The number of anilines is 1. The summed E-state index contributed by atoms with van der Waals surface area (Å²) >= 11 is 6.21. The average molecular weight is 257 g/mol. The fourth-order valence-electron chi connectivity index (χ4n) is 2.20. The molecule has 17 heavy (non-hydrogen) atoms. The monoisotopic (exact) mass is 256 g/mol. The van der Waals surface area contributed by atoms with Crippen molar-refractivity contribution in [3.63, 3.8) is 0 Å². The van der Waals surface area contributed by atoms with Crippen molar-refractivity contribution in [3.8, 4) is 0 Å². The van der Waals surface area contributed by atoms with Gasteiger partial charge in [0.25, 0.3) is 0 Å². The molecule has 1 heterocycles. The number of rotatable bonds is 3. The molecule has 1 aromatic rings. The quantitative estimate of drug-likeness (QED) is 0.742. The van der Waals surface area contributed by atoms with Gasteiger partial charge >= 0.3 is 0 Å². The standard InChI is InChI=1S/C12H17ClN2O2/c1-14-5-8-3-2-4-9(13)12(8)15-6-10(16)11(17)7-15/h2-4,10-11,14,16-17H,5-7H2,1H3. The fourth-order valence-corrected chi connectivity index (χ4v) is 2.51. The molecule has 1 saturated heterocycles. The van der Waals surface area contributed by atoms with Gasteiger partial charge in [0.15, 0.2) is 0 Å². The highest BCUT2D eigenvalue weighted by Crippen LogP contribution is 2.32. The molecular formula is C12H17ClN2O2. The fraction of sp³-hybridized carbons (Fsp3) is 0.500. The Morgan fingerprint density at radius 2 is 2.00 bits per heavy atom. The van der Waals surface area contributed by atoms with Crippen molar-refractivity contribution in [1.29, 1.82) is 0 Å². The molecule has 0 bridgehead atoms. The van der Waals surface area contributed by atoms with Crippen LogP contribution in [0.15, 0.2) is 18.2 Å². The van der Waals surface area contributed by atoms with E-state index < -0.39 is 12.2 Å². The summed E-state index contributed by atoms with van der Waals surface area (Å²) in [7, 11) is 1.87. The molecule has 2 unspecified atom stereocenters. The molecule has 2 atom stereocenters. The van der Waals surface area contributed by atoms with E-state index in [9.17, 15) is 10.2 Å². The zero-order valence-corrected chi connectivity index (χ0v) is 10.5. The average Bonchev–Trinajstić information content (AvgIpc) is 2.59. The number of hydrogen-bond donors (Lipinski definition) is 3. The number of para-hydroxylation sites is 1. The predicted octanol–water partition coefficient (Wildman–Crippen LogP) is 0.601. The zero-order chi connectivity index (χ0) is 12.4. The molecule has 1 aliphatic heterocycles. The largest absolute Gasteiger partial charge is 0.389 e. The number of hydrogen-bond acceptors (Lipinski definition) is 4. The second-order valence-electron chi connectivity index (χ2n) is 4.32. The summed E-state index contributed by atoms with van der Waals surface area (Å²) in [5.74, 6) is 0. The maximum absolute atomic E-state index is 9.59. The van der Waals surface area contributed by atoms with Crippen molar-refractivity contribution >= 4 is 17.3 Å². The highest BCUT2D eigenvalue weighted by molar-refractivity contribution is 6.33. The molecule has 1 fully saturated rings. The highest BCUT2D eigenvalue weighted by atomic mass is 35.5. The van der Waals surface area contributed by atoms with E-state index in [2.05, 4.69) is 5.32 Å². The topological polar surface area (TPSA) is 55.7 Å². The van der Waals surface area contributed by atoms with E-state index in [0.717, 1.165) is 11.3 Å². The van der Waals surface area contributed by atoms with E-state index in [-0.39, 0.29) is 0 Å². The van der Waals surface area contributed by atoms with Crippen LogP contribution in [-0.2, 0) is 6.54 Å². The highest BCUT2D eigenvalue weighted by Gasteiger charge is 2.31. The molecule has 0 spiro atoms. The molecule has 2 rings (SSSR count). The maximum Gasteiger partial charge on any atom is 0.0990 e. The summed E-state index contributed by atoms with van der Waals surface area (Å²) in [6.45, 7) is 1.54. The van der Waals surface area contributed by atoms with Crippen molar-refractivity contribution in [3.05, 3.63) is 28.8 Å². The summed E-state index contributed by atoms with van der Waals surface area (Å²) < 4.78 is 0. The second-order valence-corrected chi connectivity index (χ2v) is 4.72. The molecule has 0 aromatic heterocycles. The van der Waals surface area contributed by atoms with Gasteiger partial charge in [-0.15, -0.1) is 0 Å². The van der Waals surface area contributed by atoms with E-state index in [1.54, 1.807) is 0 Å². The first-order valence-electron chi connectivity index (χ1n) is 5.66. The minimum atomic E-state index is -0.700. The zero-order valence-electron chi connectivity index (χ0n) is 9.73. The van der Waals surface area contributed by atoms with Gasteiger partial charge in [-0.3, -0.25) is 0 Å². The number of β-amino-alcohol motifs (C(OH)–C–C–N with tert-alkyl or cyclic N) is 2. The number of halogens is 1. The Balaban J connectivity index is 2.31. The number of aliphatic hydroxyl groups excluding tert-OH is 2. The van der Waals surface area contributed by atoms with Gasteiger partial charge in [-0.25, -0.2) is 0 Å². The predicted molar refractivity (Wildman–Crippen MR) is 68.4 cm³/mol. The Morgan fingerprint density at radius 1 is 1.35 bits per heavy atom. The number of nitrogens with one attached hydrogen (secondary N) is 1. The number of aliphatic hydroxyl groups is 2. The summed E-state index contributed by atoms with van der Waals surface area (Å²) in [5.41, 5.74) is 1.97. The maximum atomic E-state index is 9.59. The van der Waals surface area contributed by atoms with Crippen LogP contribution in [0.25, 0.3) is 0 Å². The van der Waals surface area contributed by atoms with Crippen LogP contribution < -0.4 is 10.2 Å². The number of benzene rings is 1. The first-order valence-corrected chi connectivity index (χ1v) is 6.04. The molecule has 3 N–H and O–H groups in total. The lowest BCUT2D eigenvalue weighted by atomic mass is 10.1. The first kappa shape index (κ1) is 12.6. The van der Waals surface area contributed by atoms with Crippen LogP contribution >= 0.6 is 11.6 Å². The molecule has 0 aliphatic carbocycles. The van der Waals surface area contributed by atoms with Gasteiger partial charge in [-0.05, 0) is 18.7 Å². The minimum Gasteiger partial charge on any atom is -0.389 e. The third-order valence-electron chi connectivity index (χ3n) is 3.01. The molecule has 94 valence electrons. The third-order valence-corrected chi connectivity index (χ3v) is 3.32. The Hall–Kier alpha value is -0.810. The first-order chi connectivity index (χ1) is 8.13. The lowest BCUT2D eigenvalue weighted by Crippen LogP contribution is -2.23. The third kappa shape index (κ3) is 2.55. The van der Waals surface area contributed by atoms with Crippen LogP contribution in [0.4, 0.5) is 5.69 Å². The molecular weight excluding hydrogens is 240 g/mol. The van der Waals surface area contributed by atoms with Crippen LogP contribution in [0.1, 0.15) is 5.56 Å². The Morgan fingerprint density at radius 3 is 2.59 bits per heavy atom. The smallest absolute Gasteiger partial charge is 0.0990 e. The SMILES string of the molecule is CNCc1cccc(Cl)c1N1CC(O)C(O)C1. The van der Waals surface area contributed by atoms with Gasteiger partial charge in [0.05, 0.1) is 22.9 Å². The van der Waals surface area contributed by atoms with Crippen LogP contribution in [0.2, 0.25) is 5.02 Å². The normalized spacial score (nSPS) is 24.4. The second kappa shape index (κ2) is 5.23. The summed E-state index contributed by atoms with van der Waals surface area (Å²) in [5, 5.41) is 22.9. The van der Waals surface area contributed by atoms with E-state index in [1.807, 2.05) is 30.1 Å². The van der Waals surface area contributed by atoms with Gasteiger partial charge in [0.1, 0.15) is 0 Å². The van der Waals surface area contributed by atoms with Crippen LogP contribution in [-0.4, -0.2) is 42.6 Å². The lowest BCUT2D eigenvalue weighted by molar-refractivity contribution is 0.0572. The van der Waals surface area contributed by atoms with Crippen molar-refractivity contribution < 1.29 is 10.2 Å². The summed E-state index contributed by atoms with van der Waals surface area (Å²) in [4.78, 5) is 1.93. The van der Waals surface area contributed by atoms with E-state index in [1.165, 1.54) is 0 Å². The Kier molecular flexibility index (Phi) is 3.89. The van der Waals surface area contributed by atoms with Gasteiger partial charge in [-0.2, -0.15) is 0 Å². The number of nitrogens with zero attached hydrogens (tertiary/aromatic N) is 1. The van der Waals surface area contributed by atoms with Gasteiger partial charge < -0.3 is 20.4 Å². The van der Waals surface area contributed by atoms with Crippen molar-refractivity contribution in [2.45, 2.75) is 18.8 Å². The van der Waals surface area contributed by atoms with Gasteiger partial charge in [-0.1, -0.05) is 23.7 Å². The molecule has 0 radical (unpaired) electrons. The molecule has 1 aliphatic rings. The van der Waals surface area contributed by atoms with Crippen LogP contribution in [0, 0.1) is 0 Å². The van der Waals surface area contributed by atoms with Gasteiger partial charge in [0.2, 0.25) is 0 Å². The molecule has 0 amide bonds. The Bertz CT molecular complexity index is 390. The van der Waals surface area contributed by atoms with Crippen molar-refractivity contribution in [2.24, 2.45) is 0 Å². The van der Waals surface area contributed by atoms with Crippen molar-refractivity contribution in [1.82, 2.24) is 5.32 Å². The minimum absolute atomic E-state index is 0.418. The molecule has 5 heteroatoms.